The molecule has 3 rings (SSSR count). The molecule has 0 saturated carbocycles. The summed E-state index contributed by atoms with van der Waals surface area (Å²) in [5, 5.41) is 2.93. The molecular formula is C15H20N2O3. The van der Waals surface area contributed by atoms with E-state index in [1.165, 1.54) is 5.56 Å². The van der Waals surface area contributed by atoms with Crippen LogP contribution in [-0.4, -0.2) is 37.4 Å². The summed E-state index contributed by atoms with van der Waals surface area (Å²) < 4.78 is 10.7. The summed E-state index contributed by atoms with van der Waals surface area (Å²) in [5.74, 6) is 2.01. The first-order valence-corrected chi connectivity index (χ1v) is 7.20. The van der Waals surface area contributed by atoms with Crippen LogP contribution in [0.15, 0.2) is 18.2 Å². The molecule has 5 nitrogen and oxygen atoms in total. The predicted molar refractivity (Wildman–Crippen MR) is 75.2 cm³/mol. The highest BCUT2D eigenvalue weighted by molar-refractivity contribution is 5.74. The SMILES string of the molecule is CCCNC(=O)N1CCC(c2ccc3c(c2)OCO3)C1. The van der Waals surface area contributed by atoms with Crippen molar-refractivity contribution in [1.82, 2.24) is 10.2 Å². The van der Waals surface area contributed by atoms with Crippen LogP contribution in [0.2, 0.25) is 0 Å². The number of carbonyl (C=O) groups is 1. The molecule has 2 heterocycles. The number of nitrogens with zero attached hydrogens (tertiary/aromatic N) is 1. The quantitative estimate of drug-likeness (QED) is 0.921. The van der Waals surface area contributed by atoms with Gasteiger partial charge in [0.05, 0.1) is 0 Å². The average Bonchev–Trinajstić information content (AvgIpc) is 3.12. The van der Waals surface area contributed by atoms with Crippen LogP contribution in [0.4, 0.5) is 4.79 Å². The van der Waals surface area contributed by atoms with Gasteiger partial charge >= 0.3 is 6.03 Å². The third-order valence-electron chi connectivity index (χ3n) is 3.87. The fourth-order valence-electron chi connectivity index (χ4n) is 2.73. The van der Waals surface area contributed by atoms with Crippen LogP contribution in [0.25, 0.3) is 0 Å². The van der Waals surface area contributed by atoms with Gasteiger partial charge in [-0.3, -0.25) is 0 Å². The summed E-state index contributed by atoms with van der Waals surface area (Å²) in [6, 6.07) is 6.12. The molecule has 0 spiro atoms. The number of urea groups is 1. The largest absolute Gasteiger partial charge is 0.454 e. The Morgan fingerprint density at radius 3 is 3.10 bits per heavy atom. The van der Waals surface area contributed by atoms with Crippen LogP contribution in [0, 0.1) is 0 Å². The lowest BCUT2D eigenvalue weighted by molar-refractivity contribution is 0.174. The number of hydrogen-bond acceptors (Lipinski definition) is 3. The molecule has 20 heavy (non-hydrogen) atoms. The highest BCUT2D eigenvalue weighted by atomic mass is 16.7. The van der Waals surface area contributed by atoms with Crippen LogP contribution in [-0.2, 0) is 0 Å². The Bertz CT molecular complexity index is 504. The number of carbonyl (C=O) groups excluding carboxylic acids is 1. The fraction of sp³-hybridized carbons (Fsp3) is 0.533. The van der Waals surface area contributed by atoms with Gasteiger partial charge in [-0.1, -0.05) is 13.0 Å². The molecule has 2 amide bonds. The molecule has 1 unspecified atom stereocenters. The first kappa shape index (κ1) is 13.1. The Balaban J connectivity index is 1.63. The van der Waals surface area contributed by atoms with E-state index < -0.39 is 0 Å². The van der Waals surface area contributed by atoms with Crippen molar-refractivity contribution in [3.8, 4) is 11.5 Å². The maximum absolute atomic E-state index is 11.9. The standard InChI is InChI=1S/C15H20N2O3/c1-2-6-16-15(18)17-7-5-12(9-17)11-3-4-13-14(8-11)20-10-19-13/h3-4,8,12H,2,5-7,9-10H2,1H3,(H,16,18). The van der Waals surface area contributed by atoms with Crippen molar-refractivity contribution in [2.75, 3.05) is 26.4 Å². The smallest absolute Gasteiger partial charge is 0.317 e. The Kier molecular flexibility index (Phi) is 3.67. The second-order valence-electron chi connectivity index (χ2n) is 5.28. The second kappa shape index (κ2) is 5.61. The van der Waals surface area contributed by atoms with E-state index in [0.29, 0.717) is 12.7 Å². The molecule has 5 heteroatoms. The minimum Gasteiger partial charge on any atom is -0.454 e. The molecule has 1 saturated heterocycles. The summed E-state index contributed by atoms with van der Waals surface area (Å²) >= 11 is 0. The molecule has 0 aromatic heterocycles. The zero-order valence-corrected chi connectivity index (χ0v) is 11.7. The van der Waals surface area contributed by atoms with E-state index in [2.05, 4.69) is 18.3 Å². The van der Waals surface area contributed by atoms with Gasteiger partial charge in [-0.25, -0.2) is 4.79 Å². The predicted octanol–water partition coefficient (Wildman–Crippen LogP) is 2.32. The van der Waals surface area contributed by atoms with Gasteiger partial charge in [-0.15, -0.1) is 0 Å². The summed E-state index contributed by atoms with van der Waals surface area (Å²) in [6.45, 7) is 4.68. The van der Waals surface area contributed by atoms with Crippen LogP contribution in [0.5, 0.6) is 11.5 Å². The molecule has 1 N–H and O–H groups in total. The number of amides is 2. The average molecular weight is 276 g/mol. The third kappa shape index (κ3) is 2.53. The minimum atomic E-state index is 0.0510. The molecule has 1 fully saturated rings. The number of ether oxygens (including phenoxy) is 2. The molecule has 1 aromatic carbocycles. The lowest BCUT2D eigenvalue weighted by Crippen LogP contribution is -2.38. The summed E-state index contributed by atoms with van der Waals surface area (Å²) in [5.41, 5.74) is 1.22. The number of hydrogen-bond donors (Lipinski definition) is 1. The van der Waals surface area contributed by atoms with E-state index in [4.69, 9.17) is 9.47 Å². The first-order chi connectivity index (χ1) is 9.78. The lowest BCUT2D eigenvalue weighted by Gasteiger charge is -2.17. The van der Waals surface area contributed by atoms with Crippen molar-refractivity contribution in [3.05, 3.63) is 23.8 Å². The normalized spacial score (nSPS) is 20.2. The molecule has 0 bridgehead atoms. The van der Waals surface area contributed by atoms with Crippen LogP contribution < -0.4 is 14.8 Å². The molecule has 108 valence electrons. The van der Waals surface area contributed by atoms with Crippen LogP contribution in [0.1, 0.15) is 31.2 Å². The summed E-state index contributed by atoms with van der Waals surface area (Å²) in [7, 11) is 0. The number of nitrogens with one attached hydrogen (secondary N) is 1. The topological polar surface area (TPSA) is 50.8 Å². The Hall–Kier alpha value is -1.91. The van der Waals surface area contributed by atoms with E-state index in [0.717, 1.165) is 44.0 Å². The van der Waals surface area contributed by atoms with Crippen molar-refractivity contribution in [2.45, 2.75) is 25.7 Å². The van der Waals surface area contributed by atoms with Crippen molar-refractivity contribution >= 4 is 6.03 Å². The van der Waals surface area contributed by atoms with E-state index in [1.807, 2.05) is 17.0 Å². The zero-order valence-electron chi connectivity index (χ0n) is 11.7. The van der Waals surface area contributed by atoms with Crippen molar-refractivity contribution in [1.29, 1.82) is 0 Å². The van der Waals surface area contributed by atoms with Crippen molar-refractivity contribution < 1.29 is 14.3 Å². The van der Waals surface area contributed by atoms with Crippen molar-refractivity contribution in [2.24, 2.45) is 0 Å². The van der Waals surface area contributed by atoms with E-state index in [1.54, 1.807) is 0 Å². The van der Waals surface area contributed by atoms with Gasteiger partial charge in [0.1, 0.15) is 0 Å². The summed E-state index contributed by atoms with van der Waals surface area (Å²) in [6.07, 6.45) is 1.96. The fourth-order valence-corrected chi connectivity index (χ4v) is 2.73. The van der Waals surface area contributed by atoms with Gasteiger partial charge in [0, 0.05) is 25.6 Å². The van der Waals surface area contributed by atoms with E-state index in [-0.39, 0.29) is 6.03 Å². The number of benzene rings is 1. The second-order valence-corrected chi connectivity index (χ2v) is 5.28. The maximum Gasteiger partial charge on any atom is 0.317 e. The van der Waals surface area contributed by atoms with Gasteiger partial charge < -0.3 is 19.7 Å². The van der Waals surface area contributed by atoms with Gasteiger partial charge in [-0.2, -0.15) is 0 Å². The maximum atomic E-state index is 11.9. The Morgan fingerprint density at radius 1 is 1.40 bits per heavy atom. The molecule has 2 aliphatic rings. The highest BCUT2D eigenvalue weighted by Crippen LogP contribution is 2.36. The Labute approximate surface area is 118 Å². The third-order valence-corrected chi connectivity index (χ3v) is 3.87. The van der Waals surface area contributed by atoms with Gasteiger partial charge in [0.15, 0.2) is 11.5 Å². The number of rotatable bonds is 3. The minimum absolute atomic E-state index is 0.0510. The van der Waals surface area contributed by atoms with Crippen molar-refractivity contribution in [3.63, 3.8) is 0 Å². The van der Waals surface area contributed by atoms with Crippen LogP contribution in [0.3, 0.4) is 0 Å². The zero-order chi connectivity index (χ0) is 13.9. The molecule has 0 radical (unpaired) electrons. The van der Waals surface area contributed by atoms with Gasteiger partial charge in [0.2, 0.25) is 6.79 Å². The van der Waals surface area contributed by atoms with E-state index in [9.17, 15) is 4.79 Å². The van der Waals surface area contributed by atoms with Gasteiger partial charge in [0.25, 0.3) is 0 Å². The number of fused-ring (bicyclic) bond motifs is 1. The first-order valence-electron chi connectivity index (χ1n) is 7.20. The molecule has 1 atom stereocenters. The van der Waals surface area contributed by atoms with Gasteiger partial charge in [-0.05, 0) is 30.5 Å². The monoisotopic (exact) mass is 276 g/mol. The molecule has 0 aliphatic carbocycles. The molecule has 2 aliphatic heterocycles. The Morgan fingerprint density at radius 2 is 2.25 bits per heavy atom. The number of likely N-dealkylation sites (tertiary alicyclic amines) is 1. The van der Waals surface area contributed by atoms with E-state index >= 15 is 0 Å². The lowest BCUT2D eigenvalue weighted by atomic mass is 9.98. The molecule has 1 aromatic rings. The highest BCUT2D eigenvalue weighted by Gasteiger charge is 2.28. The van der Waals surface area contributed by atoms with Crippen LogP contribution >= 0.6 is 0 Å². The molecular weight excluding hydrogens is 256 g/mol. The summed E-state index contributed by atoms with van der Waals surface area (Å²) in [4.78, 5) is 13.8.